The monoisotopic (exact) mass is 376 g/mol. The van der Waals surface area contributed by atoms with E-state index in [-0.39, 0.29) is 0 Å². The van der Waals surface area contributed by atoms with Crippen molar-refractivity contribution < 1.29 is 4.90 Å². The van der Waals surface area contributed by atoms with E-state index in [0.29, 0.717) is 12.0 Å². The van der Waals surface area contributed by atoms with E-state index in [0.717, 1.165) is 23.4 Å². The third-order valence-corrected chi connectivity index (χ3v) is 6.02. The lowest BCUT2D eigenvalue weighted by atomic mass is 10.0. The smallest absolute Gasteiger partial charge is 0.173 e. The summed E-state index contributed by atoms with van der Waals surface area (Å²) in [5.41, 5.74) is 3.69. The Kier molecular flexibility index (Phi) is 7.90. The van der Waals surface area contributed by atoms with Crippen LogP contribution in [-0.2, 0) is 0 Å². The molecule has 0 spiro atoms. The molecule has 0 radical (unpaired) electrons. The molecule has 0 atom stereocenters. The zero-order valence-electron chi connectivity index (χ0n) is 17.6. The third-order valence-electron chi connectivity index (χ3n) is 5.69. The van der Waals surface area contributed by atoms with Gasteiger partial charge in [-0.1, -0.05) is 31.5 Å². The highest BCUT2D eigenvalue weighted by molar-refractivity contribution is 7.80. The van der Waals surface area contributed by atoms with Gasteiger partial charge in [0.2, 0.25) is 0 Å². The zero-order chi connectivity index (χ0) is 19.3. The summed E-state index contributed by atoms with van der Waals surface area (Å²) >= 11 is 5.87. The number of quaternary nitrogens is 1. The Morgan fingerprint density at radius 3 is 2.38 bits per heavy atom. The van der Waals surface area contributed by atoms with Crippen LogP contribution in [0.2, 0.25) is 0 Å². The van der Waals surface area contributed by atoms with Crippen molar-refractivity contribution in [2.75, 3.05) is 25.0 Å². The standard InChI is InChI=1S/C22H37N3S/c1-16(2)9-14-25(20-10-12-24(13-11-20)17(3)4)22(26)23-21-8-7-18(5)15-19(21)6/h7-8,15-17,20H,9-14H2,1-6H3,(H,23,26)/p+1. The van der Waals surface area contributed by atoms with Gasteiger partial charge in [-0.25, -0.2) is 0 Å². The molecular weight excluding hydrogens is 338 g/mol. The van der Waals surface area contributed by atoms with Gasteiger partial charge in [0, 0.05) is 31.1 Å². The molecule has 4 heteroatoms. The van der Waals surface area contributed by atoms with Gasteiger partial charge in [-0.15, -0.1) is 0 Å². The molecule has 0 saturated carbocycles. The van der Waals surface area contributed by atoms with E-state index in [1.165, 1.54) is 43.5 Å². The normalized spacial score (nSPS) is 20.5. The van der Waals surface area contributed by atoms with Gasteiger partial charge in [-0.2, -0.15) is 0 Å². The van der Waals surface area contributed by atoms with Crippen molar-refractivity contribution in [3.8, 4) is 0 Å². The molecule has 3 nitrogen and oxygen atoms in total. The van der Waals surface area contributed by atoms with Crippen LogP contribution >= 0.6 is 12.2 Å². The molecule has 1 saturated heterocycles. The number of benzene rings is 1. The Balaban J connectivity index is 2.07. The maximum Gasteiger partial charge on any atom is 0.173 e. The number of hydrogen-bond acceptors (Lipinski definition) is 1. The maximum absolute atomic E-state index is 5.87. The first kappa shape index (κ1) is 21.2. The SMILES string of the molecule is Cc1ccc(NC(=S)N(CCC(C)C)C2CC[NH+](C(C)C)CC2)c(C)c1. The first-order valence-electron chi connectivity index (χ1n) is 10.3. The Labute approximate surface area is 166 Å². The van der Waals surface area contributed by atoms with Crippen molar-refractivity contribution in [3.63, 3.8) is 0 Å². The molecule has 1 heterocycles. The quantitative estimate of drug-likeness (QED) is 0.737. The number of aryl methyl sites for hydroxylation is 2. The van der Waals surface area contributed by atoms with Gasteiger partial charge in [0.05, 0.1) is 19.1 Å². The molecule has 0 aliphatic carbocycles. The highest BCUT2D eigenvalue weighted by Gasteiger charge is 2.29. The van der Waals surface area contributed by atoms with Crippen molar-refractivity contribution in [2.24, 2.45) is 5.92 Å². The van der Waals surface area contributed by atoms with E-state index in [2.05, 4.69) is 70.0 Å². The van der Waals surface area contributed by atoms with Crippen molar-refractivity contribution >= 4 is 23.0 Å². The molecule has 0 amide bonds. The lowest BCUT2D eigenvalue weighted by molar-refractivity contribution is -0.926. The molecule has 2 rings (SSSR count). The molecule has 2 N–H and O–H groups in total. The van der Waals surface area contributed by atoms with Crippen LogP contribution in [-0.4, -0.2) is 41.7 Å². The van der Waals surface area contributed by atoms with Crippen LogP contribution in [0.5, 0.6) is 0 Å². The molecule has 26 heavy (non-hydrogen) atoms. The van der Waals surface area contributed by atoms with Gasteiger partial charge in [0.15, 0.2) is 5.11 Å². The van der Waals surface area contributed by atoms with Crippen LogP contribution in [0.3, 0.4) is 0 Å². The number of piperidine rings is 1. The predicted molar refractivity (Wildman–Crippen MR) is 117 cm³/mol. The second-order valence-electron chi connectivity index (χ2n) is 8.67. The summed E-state index contributed by atoms with van der Waals surface area (Å²) < 4.78 is 0. The number of thiocarbonyl (C=S) groups is 1. The van der Waals surface area contributed by atoms with E-state index < -0.39 is 0 Å². The van der Waals surface area contributed by atoms with E-state index >= 15 is 0 Å². The summed E-state index contributed by atoms with van der Waals surface area (Å²) in [6, 6.07) is 7.82. The van der Waals surface area contributed by atoms with Gasteiger partial charge in [0.25, 0.3) is 0 Å². The molecule has 1 aliphatic rings. The molecule has 146 valence electrons. The van der Waals surface area contributed by atoms with E-state index in [1.54, 1.807) is 4.90 Å². The highest BCUT2D eigenvalue weighted by Crippen LogP contribution is 2.19. The number of rotatable bonds is 6. The minimum absolute atomic E-state index is 0.571. The average molecular weight is 377 g/mol. The summed E-state index contributed by atoms with van der Waals surface area (Å²) in [4.78, 5) is 4.21. The van der Waals surface area contributed by atoms with Crippen LogP contribution < -0.4 is 10.2 Å². The fourth-order valence-corrected chi connectivity index (χ4v) is 4.20. The number of nitrogens with zero attached hydrogens (tertiary/aromatic N) is 1. The van der Waals surface area contributed by atoms with Gasteiger partial charge in [-0.3, -0.25) is 0 Å². The fraction of sp³-hybridized carbons (Fsp3) is 0.682. The topological polar surface area (TPSA) is 19.7 Å². The van der Waals surface area contributed by atoms with Crippen LogP contribution in [0.4, 0.5) is 5.69 Å². The van der Waals surface area contributed by atoms with Crippen molar-refractivity contribution in [1.29, 1.82) is 0 Å². The molecule has 0 aromatic heterocycles. The van der Waals surface area contributed by atoms with Crippen molar-refractivity contribution in [1.82, 2.24) is 4.90 Å². The summed E-state index contributed by atoms with van der Waals surface area (Å²) in [5, 5.41) is 4.44. The number of likely N-dealkylation sites (tertiary alicyclic amines) is 1. The molecule has 0 bridgehead atoms. The minimum atomic E-state index is 0.571. The van der Waals surface area contributed by atoms with Crippen LogP contribution in [0.15, 0.2) is 18.2 Å². The zero-order valence-corrected chi connectivity index (χ0v) is 18.4. The van der Waals surface area contributed by atoms with Crippen LogP contribution in [0.25, 0.3) is 0 Å². The van der Waals surface area contributed by atoms with Gasteiger partial charge < -0.3 is 15.1 Å². The molecule has 1 aliphatic heterocycles. The number of nitrogens with one attached hydrogen (secondary N) is 2. The average Bonchev–Trinajstić information content (AvgIpc) is 2.57. The Morgan fingerprint density at radius 1 is 1.19 bits per heavy atom. The lowest BCUT2D eigenvalue weighted by Gasteiger charge is -2.39. The van der Waals surface area contributed by atoms with E-state index in [4.69, 9.17) is 12.2 Å². The van der Waals surface area contributed by atoms with Gasteiger partial charge >= 0.3 is 0 Å². The molecule has 1 fully saturated rings. The van der Waals surface area contributed by atoms with Crippen molar-refractivity contribution in [3.05, 3.63) is 29.3 Å². The predicted octanol–water partition coefficient (Wildman–Crippen LogP) is 3.80. The first-order valence-corrected chi connectivity index (χ1v) is 10.7. The summed E-state index contributed by atoms with van der Waals surface area (Å²) in [6.45, 7) is 17.1. The molecular formula is C22H38N3S+. The van der Waals surface area contributed by atoms with E-state index in [9.17, 15) is 0 Å². The molecule has 1 aromatic rings. The lowest BCUT2D eigenvalue weighted by Crippen LogP contribution is -3.16. The molecule has 1 aromatic carbocycles. The number of anilines is 1. The maximum atomic E-state index is 5.87. The summed E-state index contributed by atoms with van der Waals surface area (Å²) in [6.07, 6.45) is 3.66. The summed E-state index contributed by atoms with van der Waals surface area (Å²) in [5.74, 6) is 0.697. The minimum Gasteiger partial charge on any atom is -0.346 e. The van der Waals surface area contributed by atoms with Gasteiger partial charge in [-0.05, 0) is 63.9 Å². The van der Waals surface area contributed by atoms with Crippen LogP contribution in [0.1, 0.15) is 58.1 Å². The van der Waals surface area contributed by atoms with Crippen LogP contribution in [0, 0.1) is 19.8 Å². The largest absolute Gasteiger partial charge is 0.346 e. The summed E-state index contributed by atoms with van der Waals surface area (Å²) in [7, 11) is 0. The van der Waals surface area contributed by atoms with Crippen molar-refractivity contribution in [2.45, 2.75) is 72.9 Å². The number of hydrogen-bond donors (Lipinski definition) is 2. The Hall–Kier alpha value is -1.13. The second kappa shape index (κ2) is 9.70. The highest BCUT2D eigenvalue weighted by atomic mass is 32.1. The van der Waals surface area contributed by atoms with E-state index in [1.807, 2.05) is 0 Å². The Bertz CT molecular complexity index is 589. The fourth-order valence-electron chi connectivity index (χ4n) is 3.85. The first-order chi connectivity index (χ1) is 12.3. The second-order valence-corrected chi connectivity index (χ2v) is 9.06. The van der Waals surface area contributed by atoms with Gasteiger partial charge in [0.1, 0.15) is 0 Å². The Morgan fingerprint density at radius 2 is 1.85 bits per heavy atom. The third kappa shape index (κ3) is 5.95. The molecule has 0 unspecified atom stereocenters.